The summed E-state index contributed by atoms with van der Waals surface area (Å²) in [6.07, 6.45) is 0.140. The number of thiophene rings is 1. The van der Waals surface area contributed by atoms with Gasteiger partial charge >= 0.3 is 5.97 Å². The molecule has 20 heavy (non-hydrogen) atoms. The summed E-state index contributed by atoms with van der Waals surface area (Å²) in [4.78, 5) is 37.9. The van der Waals surface area contributed by atoms with Gasteiger partial charge in [-0.2, -0.15) is 0 Å². The lowest BCUT2D eigenvalue weighted by molar-refractivity contribution is -0.150. The van der Waals surface area contributed by atoms with Gasteiger partial charge in [0, 0.05) is 18.0 Å². The van der Waals surface area contributed by atoms with Crippen LogP contribution in [0.4, 0.5) is 0 Å². The van der Waals surface area contributed by atoms with Gasteiger partial charge in [-0.05, 0) is 11.4 Å². The summed E-state index contributed by atoms with van der Waals surface area (Å²) in [5.41, 5.74) is 0. The number of esters is 1. The molecule has 1 aliphatic rings. The van der Waals surface area contributed by atoms with Gasteiger partial charge in [-0.15, -0.1) is 11.3 Å². The predicted octanol–water partition coefficient (Wildman–Crippen LogP) is 0.181. The maximum atomic E-state index is 12.3. The molecule has 6 nitrogen and oxygen atoms in total. The summed E-state index contributed by atoms with van der Waals surface area (Å²) in [7, 11) is 1.26. The third kappa shape index (κ3) is 3.36. The Morgan fingerprint density at radius 1 is 1.55 bits per heavy atom. The van der Waals surface area contributed by atoms with E-state index in [4.69, 9.17) is 0 Å². The van der Waals surface area contributed by atoms with Crippen LogP contribution < -0.4 is 5.32 Å². The number of nitrogens with one attached hydrogen (secondary N) is 1. The number of piperazine rings is 1. The third-order valence-electron chi connectivity index (χ3n) is 3.14. The SMILES string of the molecule is COC(=O)C[C@@H]1C(=O)NCCN1C(=O)Cc1cccs1. The van der Waals surface area contributed by atoms with E-state index < -0.39 is 12.0 Å². The molecule has 7 heteroatoms. The molecule has 0 spiro atoms. The summed E-state index contributed by atoms with van der Waals surface area (Å²) < 4.78 is 4.58. The average Bonchev–Trinajstić information content (AvgIpc) is 2.93. The van der Waals surface area contributed by atoms with Crippen LogP contribution in [0.3, 0.4) is 0 Å². The molecule has 0 aliphatic carbocycles. The fourth-order valence-corrected chi connectivity index (χ4v) is 2.82. The van der Waals surface area contributed by atoms with Gasteiger partial charge in [0.25, 0.3) is 0 Å². The first kappa shape index (κ1) is 14.5. The number of hydrogen-bond donors (Lipinski definition) is 1. The smallest absolute Gasteiger partial charge is 0.308 e. The number of hydrogen-bond acceptors (Lipinski definition) is 5. The Morgan fingerprint density at radius 3 is 3.00 bits per heavy atom. The highest BCUT2D eigenvalue weighted by molar-refractivity contribution is 7.10. The number of ether oxygens (including phenoxy) is 1. The summed E-state index contributed by atoms with van der Waals surface area (Å²) in [5, 5.41) is 4.57. The topological polar surface area (TPSA) is 75.7 Å². The molecule has 1 aliphatic heterocycles. The molecule has 1 N–H and O–H groups in total. The second-order valence-corrected chi connectivity index (χ2v) is 5.46. The highest BCUT2D eigenvalue weighted by Crippen LogP contribution is 2.15. The Labute approximate surface area is 120 Å². The van der Waals surface area contributed by atoms with E-state index in [0.29, 0.717) is 13.1 Å². The van der Waals surface area contributed by atoms with Crippen LogP contribution in [0.5, 0.6) is 0 Å². The van der Waals surface area contributed by atoms with Gasteiger partial charge in [0.1, 0.15) is 6.04 Å². The van der Waals surface area contributed by atoms with E-state index in [1.165, 1.54) is 23.3 Å². The highest BCUT2D eigenvalue weighted by atomic mass is 32.1. The fraction of sp³-hybridized carbons (Fsp3) is 0.462. The molecule has 1 fully saturated rings. The molecule has 0 bridgehead atoms. The Bertz CT molecular complexity index is 500. The number of carbonyl (C=O) groups excluding carboxylic acids is 3. The van der Waals surface area contributed by atoms with Crippen LogP contribution in [0, 0.1) is 0 Å². The van der Waals surface area contributed by atoms with Gasteiger partial charge in [-0.25, -0.2) is 0 Å². The zero-order valence-electron chi connectivity index (χ0n) is 11.1. The summed E-state index contributed by atoms with van der Waals surface area (Å²) >= 11 is 1.50. The van der Waals surface area contributed by atoms with Crippen molar-refractivity contribution in [2.75, 3.05) is 20.2 Å². The van der Waals surface area contributed by atoms with Crippen LogP contribution in [0.1, 0.15) is 11.3 Å². The predicted molar refractivity (Wildman–Crippen MR) is 73.2 cm³/mol. The molecule has 1 atom stereocenters. The van der Waals surface area contributed by atoms with Crippen molar-refractivity contribution in [1.29, 1.82) is 0 Å². The average molecular weight is 296 g/mol. The molecule has 1 saturated heterocycles. The Kier molecular flexibility index (Phi) is 4.73. The molecule has 0 unspecified atom stereocenters. The number of rotatable bonds is 4. The molecule has 2 amide bonds. The van der Waals surface area contributed by atoms with Crippen molar-refractivity contribution in [3.63, 3.8) is 0 Å². The van der Waals surface area contributed by atoms with Crippen molar-refractivity contribution >= 4 is 29.1 Å². The minimum Gasteiger partial charge on any atom is -0.469 e. The van der Waals surface area contributed by atoms with Gasteiger partial charge < -0.3 is 15.0 Å². The van der Waals surface area contributed by atoms with Gasteiger partial charge in [-0.3, -0.25) is 14.4 Å². The lowest BCUT2D eigenvalue weighted by Gasteiger charge is -2.34. The number of methoxy groups -OCH3 is 1. The zero-order valence-corrected chi connectivity index (χ0v) is 11.9. The van der Waals surface area contributed by atoms with Crippen molar-refractivity contribution in [2.24, 2.45) is 0 Å². The quantitative estimate of drug-likeness (QED) is 0.804. The van der Waals surface area contributed by atoms with Crippen LogP contribution in [0.15, 0.2) is 17.5 Å². The summed E-state index contributed by atoms with van der Waals surface area (Å²) in [5.74, 6) is -0.946. The standard InChI is InChI=1S/C13H16N2O4S/c1-19-12(17)8-10-13(18)14-4-5-15(10)11(16)7-9-3-2-6-20-9/h2-3,6,10H,4-5,7-8H2,1H3,(H,14,18)/t10-/m1/s1. The Balaban J connectivity index is 2.07. The van der Waals surface area contributed by atoms with E-state index in [0.717, 1.165) is 4.88 Å². The van der Waals surface area contributed by atoms with Crippen LogP contribution in [0.2, 0.25) is 0 Å². The number of nitrogens with zero attached hydrogens (tertiary/aromatic N) is 1. The van der Waals surface area contributed by atoms with Crippen molar-refractivity contribution in [2.45, 2.75) is 18.9 Å². The van der Waals surface area contributed by atoms with Crippen LogP contribution >= 0.6 is 11.3 Å². The van der Waals surface area contributed by atoms with E-state index in [-0.39, 0.29) is 24.7 Å². The van der Waals surface area contributed by atoms with E-state index in [2.05, 4.69) is 10.1 Å². The van der Waals surface area contributed by atoms with Crippen molar-refractivity contribution in [3.05, 3.63) is 22.4 Å². The van der Waals surface area contributed by atoms with Crippen LogP contribution in [-0.2, 0) is 25.5 Å². The van der Waals surface area contributed by atoms with Gasteiger partial charge in [0.2, 0.25) is 11.8 Å². The second kappa shape index (κ2) is 6.51. The molecule has 1 aromatic rings. The molecule has 0 aromatic carbocycles. The monoisotopic (exact) mass is 296 g/mol. The second-order valence-electron chi connectivity index (χ2n) is 4.43. The summed E-state index contributed by atoms with van der Waals surface area (Å²) in [6, 6.07) is 2.98. The van der Waals surface area contributed by atoms with E-state index >= 15 is 0 Å². The first-order valence-corrected chi connectivity index (χ1v) is 7.16. The van der Waals surface area contributed by atoms with Crippen molar-refractivity contribution in [3.8, 4) is 0 Å². The maximum absolute atomic E-state index is 12.3. The van der Waals surface area contributed by atoms with E-state index in [1.807, 2.05) is 17.5 Å². The fourth-order valence-electron chi connectivity index (χ4n) is 2.12. The lowest BCUT2D eigenvalue weighted by atomic mass is 10.1. The Hall–Kier alpha value is -1.89. The first-order chi connectivity index (χ1) is 9.61. The minimum absolute atomic E-state index is 0.113. The molecule has 2 rings (SSSR count). The normalized spacial score (nSPS) is 18.6. The minimum atomic E-state index is -0.774. The van der Waals surface area contributed by atoms with E-state index in [1.54, 1.807) is 0 Å². The van der Waals surface area contributed by atoms with Crippen LogP contribution in [-0.4, -0.2) is 48.9 Å². The summed E-state index contributed by atoms with van der Waals surface area (Å²) in [6.45, 7) is 0.824. The van der Waals surface area contributed by atoms with Crippen molar-refractivity contribution < 1.29 is 19.1 Å². The highest BCUT2D eigenvalue weighted by Gasteiger charge is 2.34. The van der Waals surface area contributed by atoms with Gasteiger partial charge in [0.15, 0.2) is 0 Å². The van der Waals surface area contributed by atoms with Crippen molar-refractivity contribution in [1.82, 2.24) is 10.2 Å². The van der Waals surface area contributed by atoms with E-state index in [9.17, 15) is 14.4 Å². The molecular weight excluding hydrogens is 280 g/mol. The molecule has 1 aromatic heterocycles. The third-order valence-corrected chi connectivity index (χ3v) is 4.02. The lowest BCUT2D eigenvalue weighted by Crippen LogP contribution is -2.58. The Morgan fingerprint density at radius 2 is 2.35 bits per heavy atom. The number of carbonyl (C=O) groups is 3. The molecule has 0 saturated carbocycles. The first-order valence-electron chi connectivity index (χ1n) is 6.28. The molecular formula is C13H16N2O4S. The molecule has 2 heterocycles. The molecule has 108 valence electrons. The maximum Gasteiger partial charge on any atom is 0.308 e. The largest absolute Gasteiger partial charge is 0.469 e. The van der Waals surface area contributed by atoms with Gasteiger partial charge in [-0.1, -0.05) is 6.07 Å². The van der Waals surface area contributed by atoms with Crippen LogP contribution in [0.25, 0.3) is 0 Å². The van der Waals surface area contributed by atoms with Gasteiger partial charge in [0.05, 0.1) is 20.0 Å². The number of amides is 2. The molecule has 0 radical (unpaired) electrons. The zero-order chi connectivity index (χ0) is 14.5.